The lowest BCUT2D eigenvalue weighted by atomic mass is 10.1. The van der Waals surface area contributed by atoms with Crippen LogP contribution in [0.15, 0.2) is 53.5 Å². The Morgan fingerprint density at radius 3 is 2.95 bits per heavy atom. The zero-order chi connectivity index (χ0) is 15.5. The van der Waals surface area contributed by atoms with Gasteiger partial charge in [0.1, 0.15) is 6.33 Å². The molecule has 0 aliphatic heterocycles. The number of nitrogens with zero attached hydrogens (tertiary/aromatic N) is 5. The highest BCUT2D eigenvalue weighted by Gasteiger charge is 2.11. The van der Waals surface area contributed by atoms with Crippen molar-refractivity contribution in [1.82, 2.24) is 19.4 Å². The molecule has 3 aromatic rings. The summed E-state index contributed by atoms with van der Waals surface area (Å²) in [5.41, 5.74) is 3.47. The average Bonchev–Trinajstić information content (AvgIpc) is 3.10. The fourth-order valence-corrected chi connectivity index (χ4v) is 2.95. The van der Waals surface area contributed by atoms with Crippen LogP contribution in [0.5, 0.6) is 0 Å². The van der Waals surface area contributed by atoms with Crippen molar-refractivity contribution < 1.29 is 0 Å². The highest BCUT2D eigenvalue weighted by atomic mass is 32.2. The third kappa shape index (κ3) is 2.46. The van der Waals surface area contributed by atoms with E-state index in [1.165, 1.54) is 28.4 Å². The van der Waals surface area contributed by atoms with Crippen molar-refractivity contribution in [3.8, 4) is 0 Å². The molecule has 0 saturated carbocycles. The summed E-state index contributed by atoms with van der Waals surface area (Å²) in [4.78, 5) is 0. The van der Waals surface area contributed by atoms with E-state index in [0.717, 1.165) is 17.3 Å². The van der Waals surface area contributed by atoms with Gasteiger partial charge in [-0.05, 0) is 19.2 Å². The zero-order valence-corrected chi connectivity index (χ0v) is 13.4. The first-order valence-corrected chi connectivity index (χ1v) is 8.15. The van der Waals surface area contributed by atoms with Gasteiger partial charge in [-0.1, -0.05) is 36.0 Å². The topological polar surface area (TPSA) is 48.0 Å². The second-order valence-corrected chi connectivity index (χ2v) is 5.60. The van der Waals surface area contributed by atoms with E-state index in [1.807, 2.05) is 30.7 Å². The predicted molar refractivity (Wildman–Crippen MR) is 91.7 cm³/mol. The number of para-hydroxylation sites is 1. The van der Waals surface area contributed by atoms with E-state index in [4.69, 9.17) is 0 Å². The molecule has 1 aromatic carbocycles. The lowest BCUT2D eigenvalue weighted by Gasteiger charge is -2.03. The summed E-state index contributed by atoms with van der Waals surface area (Å²) in [6.45, 7) is 6.73. The van der Waals surface area contributed by atoms with E-state index in [0.29, 0.717) is 0 Å². The number of thioether (sulfide) groups is 1. The van der Waals surface area contributed by atoms with Crippen LogP contribution in [0.25, 0.3) is 10.9 Å². The monoisotopic (exact) mass is 311 g/mol. The Morgan fingerprint density at radius 2 is 2.18 bits per heavy atom. The second-order valence-electron chi connectivity index (χ2n) is 4.82. The predicted octanol–water partition coefficient (Wildman–Crippen LogP) is 3.33. The van der Waals surface area contributed by atoms with Crippen molar-refractivity contribution in [1.29, 1.82) is 0 Å². The molecule has 6 heteroatoms. The number of rotatable bonds is 5. The van der Waals surface area contributed by atoms with E-state index in [-0.39, 0.29) is 0 Å². The van der Waals surface area contributed by atoms with E-state index in [2.05, 4.69) is 45.5 Å². The van der Waals surface area contributed by atoms with Gasteiger partial charge in [-0.25, -0.2) is 0 Å². The summed E-state index contributed by atoms with van der Waals surface area (Å²) in [5, 5.41) is 14.3. The van der Waals surface area contributed by atoms with E-state index >= 15 is 0 Å². The molecule has 0 unspecified atom stereocenters. The van der Waals surface area contributed by atoms with Crippen LogP contribution in [0.3, 0.4) is 0 Å². The van der Waals surface area contributed by atoms with Gasteiger partial charge in [0, 0.05) is 28.7 Å². The minimum Gasteiger partial charge on any atom is -0.340 e. The van der Waals surface area contributed by atoms with Crippen LogP contribution in [-0.4, -0.2) is 31.9 Å². The molecule has 0 radical (unpaired) electrons. The molecule has 22 heavy (non-hydrogen) atoms. The Labute approximate surface area is 133 Å². The molecule has 0 atom stereocenters. The van der Waals surface area contributed by atoms with Crippen molar-refractivity contribution in [3.05, 3.63) is 54.5 Å². The Hall–Kier alpha value is -2.34. The molecule has 0 aliphatic rings. The van der Waals surface area contributed by atoms with Crippen molar-refractivity contribution in [3.63, 3.8) is 0 Å². The largest absolute Gasteiger partial charge is 0.340 e. The molecule has 0 spiro atoms. The molecular formula is C16H17N5S. The SMILES string of the molecule is C=CCn1c(C)c(/C=N\n2cnnc2SC)c2ccccc21. The van der Waals surface area contributed by atoms with Crippen LogP contribution in [0.2, 0.25) is 0 Å². The highest BCUT2D eigenvalue weighted by molar-refractivity contribution is 7.98. The van der Waals surface area contributed by atoms with E-state index in [9.17, 15) is 0 Å². The summed E-state index contributed by atoms with van der Waals surface area (Å²) < 4.78 is 3.93. The van der Waals surface area contributed by atoms with Crippen LogP contribution in [0.1, 0.15) is 11.3 Å². The summed E-state index contributed by atoms with van der Waals surface area (Å²) in [7, 11) is 0. The molecule has 0 bridgehead atoms. The lowest BCUT2D eigenvalue weighted by molar-refractivity contribution is 0.768. The average molecular weight is 311 g/mol. The highest BCUT2D eigenvalue weighted by Crippen LogP contribution is 2.24. The maximum absolute atomic E-state index is 4.50. The molecule has 0 N–H and O–H groups in total. The molecule has 0 fully saturated rings. The fraction of sp³-hybridized carbons (Fsp3) is 0.188. The van der Waals surface area contributed by atoms with Gasteiger partial charge in [0.05, 0.1) is 6.21 Å². The molecular weight excluding hydrogens is 294 g/mol. The summed E-state index contributed by atoms with van der Waals surface area (Å²) in [5.74, 6) is 0. The first kappa shape index (κ1) is 14.6. The maximum atomic E-state index is 4.50. The van der Waals surface area contributed by atoms with Gasteiger partial charge in [0.15, 0.2) is 0 Å². The quantitative estimate of drug-likeness (QED) is 0.412. The van der Waals surface area contributed by atoms with Crippen molar-refractivity contribution >= 4 is 28.9 Å². The smallest absolute Gasteiger partial charge is 0.211 e. The maximum Gasteiger partial charge on any atom is 0.211 e. The van der Waals surface area contributed by atoms with Gasteiger partial charge in [0.2, 0.25) is 5.16 Å². The number of fused-ring (bicyclic) bond motifs is 1. The van der Waals surface area contributed by atoms with Gasteiger partial charge in [-0.15, -0.1) is 16.8 Å². The number of benzene rings is 1. The van der Waals surface area contributed by atoms with Crippen LogP contribution >= 0.6 is 11.8 Å². The number of aromatic nitrogens is 4. The van der Waals surface area contributed by atoms with Crippen LogP contribution in [0.4, 0.5) is 0 Å². The van der Waals surface area contributed by atoms with E-state index in [1.54, 1.807) is 11.0 Å². The van der Waals surface area contributed by atoms with E-state index < -0.39 is 0 Å². The second kappa shape index (κ2) is 6.19. The fourth-order valence-electron chi connectivity index (χ4n) is 2.54. The first-order valence-electron chi connectivity index (χ1n) is 6.93. The number of allylic oxidation sites excluding steroid dienone is 1. The van der Waals surface area contributed by atoms with Crippen molar-refractivity contribution in [2.24, 2.45) is 5.10 Å². The van der Waals surface area contributed by atoms with Crippen molar-refractivity contribution in [2.75, 3.05) is 6.26 Å². The lowest BCUT2D eigenvalue weighted by Crippen LogP contribution is -1.98. The Bertz CT molecular complexity index is 843. The van der Waals surface area contributed by atoms with Crippen LogP contribution in [-0.2, 0) is 6.54 Å². The Kier molecular flexibility index (Phi) is 4.11. The zero-order valence-electron chi connectivity index (χ0n) is 12.6. The molecule has 0 saturated heterocycles. The van der Waals surface area contributed by atoms with Gasteiger partial charge in [-0.2, -0.15) is 9.78 Å². The molecule has 5 nitrogen and oxygen atoms in total. The van der Waals surface area contributed by atoms with Crippen molar-refractivity contribution in [2.45, 2.75) is 18.6 Å². The standard InChI is InChI=1S/C16H17N5S/c1-4-9-20-12(2)14(13-7-5-6-8-15(13)20)10-18-21-11-17-19-16(21)22-3/h4-8,10-11H,1,9H2,2-3H3/b18-10-. The van der Waals surface area contributed by atoms with Gasteiger partial charge in [0.25, 0.3) is 0 Å². The molecule has 112 valence electrons. The van der Waals surface area contributed by atoms with Gasteiger partial charge in [-0.3, -0.25) is 0 Å². The summed E-state index contributed by atoms with van der Waals surface area (Å²) in [6.07, 6.45) is 7.35. The van der Waals surface area contributed by atoms with Crippen LogP contribution in [0, 0.1) is 6.92 Å². The number of hydrogen-bond donors (Lipinski definition) is 0. The molecule has 0 aliphatic carbocycles. The summed E-state index contributed by atoms with van der Waals surface area (Å²) >= 11 is 1.52. The minimum absolute atomic E-state index is 0.767. The van der Waals surface area contributed by atoms with Gasteiger partial charge >= 0.3 is 0 Å². The van der Waals surface area contributed by atoms with Gasteiger partial charge < -0.3 is 4.57 Å². The third-order valence-electron chi connectivity index (χ3n) is 3.59. The minimum atomic E-state index is 0.767. The number of hydrogen-bond acceptors (Lipinski definition) is 4. The Morgan fingerprint density at radius 1 is 1.36 bits per heavy atom. The molecule has 3 rings (SSSR count). The molecule has 0 amide bonds. The third-order valence-corrected chi connectivity index (χ3v) is 4.22. The Balaban J connectivity index is 2.11. The normalized spacial score (nSPS) is 11.5. The van der Waals surface area contributed by atoms with Crippen LogP contribution < -0.4 is 0 Å². The first-order chi connectivity index (χ1) is 10.8. The molecule has 2 aromatic heterocycles. The summed E-state index contributed by atoms with van der Waals surface area (Å²) in [6, 6.07) is 8.33. The molecule has 2 heterocycles.